The molecule has 2 aromatic carbocycles. The van der Waals surface area contributed by atoms with E-state index >= 15 is 0 Å². The Morgan fingerprint density at radius 1 is 1.16 bits per heavy atom. The molecule has 0 amide bonds. The highest BCUT2D eigenvalue weighted by Gasteiger charge is 2.56. The van der Waals surface area contributed by atoms with E-state index in [1.807, 2.05) is 50.2 Å². The third kappa shape index (κ3) is 6.77. The number of aromatic nitrogens is 3. The fraction of sp³-hybridized carbons (Fsp3) is 0.469. The number of nitrogens with one attached hydrogen (secondary N) is 1. The quantitative estimate of drug-likeness (QED) is 0.100. The van der Waals surface area contributed by atoms with Gasteiger partial charge in [-0.3, -0.25) is 9.32 Å². The average molecular weight is 641 g/mol. The first-order chi connectivity index (χ1) is 21.5. The molecule has 45 heavy (non-hydrogen) atoms. The van der Waals surface area contributed by atoms with Crippen LogP contribution in [-0.4, -0.2) is 67.3 Å². The summed E-state index contributed by atoms with van der Waals surface area (Å²) >= 11 is 0. The minimum absolute atomic E-state index is 0.220. The second kappa shape index (κ2) is 13.5. The van der Waals surface area contributed by atoms with Crippen molar-refractivity contribution in [3.63, 3.8) is 0 Å². The molecule has 3 heterocycles. The van der Waals surface area contributed by atoms with Gasteiger partial charge in [0.15, 0.2) is 6.23 Å². The van der Waals surface area contributed by atoms with Crippen molar-refractivity contribution in [3.05, 3.63) is 66.7 Å². The van der Waals surface area contributed by atoms with Crippen LogP contribution in [0.1, 0.15) is 58.9 Å². The zero-order chi connectivity index (χ0) is 32.4. The van der Waals surface area contributed by atoms with Crippen molar-refractivity contribution >= 4 is 35.5 Å². The number of benzene rings is 2. The number of aliphatic hydroxyl groups is 2. The lowest BCUT2D eigenvalue weighted by atomic mass is 9.93. The van der Waals surface area contributed by atoms with Gasteiger partial charge in [0.05, 0.1) is 18.4 Å². The average Bonchev–Trinajstić information content (AvgIpc) is 3.54. The summed E-state index contributed by atoms with van der Waals surface area (Å²) in [4.78, 5) is 21.4. The van der Waals surface area contributed by atoms with E-state index in [2.05, 4.69) is 15.1 Å². The van der Waals surface area contributed by atoms with Crippen molar-refractivity contribution in [1.29, 1.82) is 0 Å². The normalized spacial score (nSPS) is 24.4. The standard InChI is InChI=1S/C32H41N4O8P/c1-6-8-18-41-30(38)21(4)35-45(40,44-26-15-11-13-22-12-9-10-14-24(22)26)43-25(7-2)27-28(37)32(5,39)31(42-27)36-17-16-23-20(3)33-19-34-29(23)36/h9-17,19,21,25,27-28,31,37,39H,6-8,18H2,1-5H3,(H,35,40)/t21-,25+,27+,28+,31+,32+,45?/m0/s1. The molecule has 3 N–H and O–H groups in total. The van der Waals surface area contributed by atoms with E-state index in [1.165, 1.54) is 20.2 Å². The van der Waals surface area contributed by atoms with Crippen LogP contribution in [0.4, 0.5) is 0 Å². The fourth-order valence-electron chi connectivity index (χ4n) is 5.52. The minimum Gasteiger partial charge on any atom is -0.465 e. The van der Waals surface area contributed by atoms with Gasteiger partial charge in [-0.2, -0.15) is 5.09 Å². The molecule has 0 radical (unpaired) electrons. The molecule has 1 saturated heterocycles. The molecular formula is C32H41N4O8P. The van der Waals surface area contributed by atoms with Crippen LogP contribution >= 0.6 is 7.75 Å². The van der Waals surface area contributed by atoms with Gasteiger partial charge in [0.25, 0.3) is 0 Å². The molecule has 12 nitrogen and oxygen atoms in total. The molecule has 1 aliphatic heterocycles. The van der Waals surface area contributed by atoms with Gasteiger partial charge in [0, 0.05) is 17.0 Å². The maximum Gasteiger partial charge on any atom is 0.459 e. The molecule has 5 rings (SSSR count). The Bertz CT molecular complexity index is 1690. The Balaban J connectivity index is 1.45. The number of aliphatic hydroxyl groups excluding tert-OH is 1. The van der Waals surface area contributed by atoms with E-state index in [9.17, 15) is 19.6 Å². The van der Waals surface area contributed by atoms with Crippen molar-refractivity contribution in [3.8, 4) is 5.75 Å². The summed E-state index contributed by atoms with van der Waals surface area (Å²) in [6.07, 6.45) is 0.222. The lowest BCUT2D eigenvalue weighted by molar-refractivity contribution is -0.145. The maximum absolute atomic E-state index is 14.6. The summed E-state index contributed by atoms with van der Waals surface area (Å²) in [5, 5.41) is 28.0. The number of carbonyl (C=O) groups excluding carboxylic acids is 1. The van der Waals surface area contributed by atoms with E-state index < -0.39 is 49.9 Å². The molecule has 0 bridgehead atoms. The van der Waals surface area contributed by atoms with Crippen molar-refractivity contribution < 1.29 is 38.1 Å². The number of aryl methyl sites for hydroxylation is 1. The number of rotatable bonds is 13. The number of ether oxygens (including phenoxy) is 2. The Labute approximate surface area is 262 Å². The lowest BCUT2D eigenvalue weighted by Gasteiger charge is -2.31. The second-order valence-corrected chi connectivity index (χ2v) is 13.2. The second-order valence-electron chi connectivity index (χ2n) is 11.5. The van der Waals surface area contributed by atoms with E-state index in [-0.39, 0.29) is 18.8 Å². The van der Waals surface area contributed by atoms with Crippen molar-refractivity contribution in [2.45, 2.75) is 90.1 Å². The van der Waals surface area contributed by atoms with Crippen molar-refractivity contribution in [2.75, 3.05) is 6.61 Å². The predicted octanol–water partition coefficient (Wildman–Crippen LogP) is 5.21. The first kappa shape index (κ1) is 33.0. The third-order valence-corrected chi connectivity index (χ3v) is 9.80. The van der Waals surface area contributed by atoms with Crippen LogP contribution in [0.15, 0.2) is 61.1 Å². The molecule has 13 heteroatoms. The largest absolute Gasteiger partial charge is 0.465 e. The summed E-state index contributed by atoms with van der Waals surface area (Å²) in [7, 11) is -4.36. The molecule has 0 saturated carbocycles. The van der Waals surface area contributed by atoms with E-state index in [0.717, 1.165) is 22.9 Å². The molecule has 0 aliphatic carbocycles. The van der Waals surface area contributed by atoms with Crippen molar-refractivity contribution in [2.24, 2.45) is 0 Å². The van der Waals surface area contributed by atoms with Crippen molar-refractivity contribution in [1.82, 2.24) is 19.6 Å². The number of hydrogen-bond acceptors (Lipinski definition) is 10. The minimum atomic E-state index is -4.36. The van der Waals surface area contributed by atoms with E-state index in [4.69, 9.17) is 18.5 Å². The van der Waals surface area contributed by atoms with Crippen LogP contribution in [0.2, 0.25) is 0 Å². The van der Waals surface area contributed by atoms with Gasteiger partial charge in [0.1, 0.15) is 41.6 Å². The Morgan fingerprint density at radius 2 is 1.91 bits per heavy atom. The van der Waals surface area contributed by atoms with Crippen LogP contribution in [0.3, 0.4) is 0 Å². The summed E-state index contributed by atoms with van der Waals surface area (Å²) in [5.41, 5.74) is -0.504. The number of esters is 1. The first-order valence-electron chi connectivity index (χ1n) is 15.2. The molecule has 242 valence electrons. The van der Waals surface area contributed by atoms with Gasteiger partial charge in [-0.15, -0.1) is 0 Å². The molecule has 0 spiro atoms. The molecule has 2 aromatic heterocycles. The summed E-state index contributed by atoms with van der Waals surface area (Å²) in [6, 6.07) is 13.5. The smallest absolute Gasteiger partial charge is 0.459 e. The van der Waals surface area contributed by atoms with Gasteiger partial charge in [-0.25, -0.2) is 14.5 Å². The van der Waals surface area contributed by atoms with Gasteiger partial charge in [-0.1, -0.05) is 56.7 Å². The third-order valence-electron chi connectivity index (χ3n) is 8.12. The molecule has 1 fully saturated rings. The number of carbonyl (C=O) groups is 1. The van der Waals surface area contributed by atoms with E-state index in [1.54, 1.807) is 29.8 Å². The molecule has 1 aliphatic rings. The summed E-state index contributed by atoms with van der Waals surface area (Å²) < 4.78 is 40.2. The topological polar surface area (TPSA) is 154 Å². The number of nitrogens with zero attached hydrogens (tertiary/aromatic N) is 3. The molecule has 1 unspecified atom stereocenters. The summed E-state index contributed by atoms with van der Waals surface area (Å²) in [6.45, 7) is 8.81. The van der Waals surface area contributed by atoms with E-state index in [0.29, 0.717) is 17.5 Å². The van der Waals surface area contributed by atoms with Crippen LogP contribution in [0.5, 0.6) is 5.75 Å². The monoisotopic (exact) mass is 640 g/mol. The molecule has 7 atom stereocenters. The van der Waals surface area contributed by atoms with Crippen LogP contribution in [0.25, 0.3) is 21.8 Å². The van der Waals surface area contributed by atoms with Gasteiger partial charge >= 0.3 is 13.7 Å². The number of fused-ring (bicyclic) bond motifs is 2. The highest BCUT2D eigenvalue weighted by Crippen LogP contribution is 2.51. The predicted molar refractivity (Wildman–Crippen MR) is 169 cm³/mol. The van der Waals surface area contributed by atoms with Crippen LogP contribution in [0, 0.1) is 6.92 Å². The molecular weight excluding hydrogens is 599 g/mol. The number of hydrogen-bond donors (Lipinski definition) is 3. The highest BCUT2D eigenvalue weighted by molar-refractivity contribution is 7.52. The van der Waals surface area contributed by atoms with Crippen LogP contribution < -0.4 is 9.61 Å². The van der Waals surface area contributed by atoms with Gasteiger partial charge < -0.3 is 28.8 Å². The van der Waals surface area contributed by atoms with Gasteiger partial charge in [-0.05, 0) is 51.1 Å². The Morgan fingerprint density at radius 3 is 2.67 bits per heavy atom. The lowest BCUT2D eigenvalue weighted by Crippen LogP contribution is -2.47. The van der Waals surface area contributed by atoms with Gasteiger partial charge in [0.2, 0.25) is 0 Å². The fourth-order valence-corrected chi connectivity index (χ4v) is 7.30. The first-order valence-corrected chi connectivity index (χ1v) is 16.8. The Kier molecular flexibility index (Phi) is 9.93. The SMILES string of the molecule is CCCCOC(=O)[C@H](C)NP(=O)(Oc1cccc2ccccc12)O[C@H](CC)[C@H]1O[C@@H](n2ccc3c(C)ncnc32)[C@](C)(O)[C@@H]1O. The molecule has 4 aromatic rings. The highest BCUT2D eigenvalue weighted by atomic mass is 31.2. The zero-order valence-corrected chi connectivity index (χ0v) is 27.0. The summed E-state index contributed by atoms with van der Waals surface area (Å²) in [5.74, 6) is -0.337. The Hall–Kier alpha value is -3.38. The maximum atomic E-state index is 14.6. The number of unbranched alkanes of at least 4 members (excludes halogenated alkanes) is 1. The zero-order valence-electron chi connectivity index (χ0n) is 26.1. The van der Waals surface area contributed by atoms with Crippen LogP contribution in [-0.2, 0) is 23.4 Å².